The number of carbonyl (C=O) groups is 2. The Morgan fingerprint density at radius 3 is 2.37 bits per heavy atom. The average Bonchev–Trinajstić information content (AvgIpc) is 2.66. The minimum Gasteiger partial charge on any atom is -0.493 e. The van der Waals surface area contributed by atoms with E-state index in [0.717, 1.165) is 5.56 Å². The molecule has 0 saturated carbocycles. The number of hydrogen-bond donors (Lipinski definition) is 2. The van der Waals surface area contributed by atoms with Crippen LogP contribution < -0.4 is 20.1 Å². The molecule has 0 spiro atoms. The normalized spacial score (nSPS) is 10.3. The summed E-state index contributed by atoms with van der Waals surface area (Å²) >= 11 is 3.03. The highest BCUT2D eigenvalue weighted by molar-refractivity contribution is 9.12. The Hall–Kier alpha value is -3.06. The van der Waals surface area contributed by atoms with Crippen LogP contribution in [-0.2, 0) is 9.59 Å². The van der Waals surface area contributed by atoms with Gasteiger partial charge in [0.1, 0.15) is 0 Å². The summed E-state index contributed by atoms with van der Waals surface area (Å²) in [4.78, 5) is 23.8. The number of rotatable bonds is 7. The van der Waals surface area contributed by atoms with Crippen molar-refractivity contribution in [2.75, 3.05) is 24.9 Å². The maximum atomic E-state index is 12.1. The quantitative estimate of drug-likeness (QED) is 0.645. The number of nitrogens with one attached hydrogen (secondary N) is 2. The first-order valence-electron chi connectivity index (χ1n) is 7.90. The van der Waals surface area contributed by atoms with Crippen LogP contribution in [0.4, 0.5) is 11.4 Å². The van der Waals surface area contributed by atoms with E-state index in [1.54, 1.807) is 49.6 Å². The van der Waals surface area contributed by atoms with Gasteiger partial charge >= 0.3 is 0 Å². The number of hydrogen-bond acceptors (Lipinski definition) is 4. The maximum absolute atomic E-state index is 12.1. The summed E-state index contributed by atoms with van der Waals surface area (Å²) in [5, 5.41) is 5.44. The van der Waals surface area contributed by atoms with Crippen molar-refractivity contribution in [3.8, 4) is 11.5 Å². The van der Waals surface area contributed by atoms with Gasteiger partial charge in [0.25, 0.3) is 5.91 Å². The molecular formula is C20H19BrN2O4. The summed E-state index contributed by atoms with van der Waals surface area (Å²) < 4.78 is 10.6. The number of anilines is 2. The summed E-state index contributed by atoms with van der Waals surface area (Å²) in [5.41, 5.74) is 1.94. The lowest BCUT2D eigenvalue weighted by Gasteiger charge is -2.09. The van der Waals surface area contributed by atoms with E-state index in [2.05, 4.69) is 33.1 Å². The molecule has 0 aliphatic carbocycles. The van der Waals surface area contributed by atoms with Crippen LogP contribution in [0.2, 0.25) is 0 Å². The Morgan fingerprint density at radius 1 is 1.00 bits per heavy atom. The molecule has 2 amide bonds. The third kappa shape index (κ3) is 6.00. The lowest BCUT2D eigenvalue weighted by Crippen LogP contribution is -2.10. The summed E-state index contributed by atoms with van der Waals surface area (Å²) in [5.74, 6) is 0.472. The van der Waals surface area contributed by atoms with Crippen LogP contribution >= 0.6 is 15.9 Å². The molecule has 140 valence electrons. The molecule has 0 radical (unpaired) electrons. The van der Waals surface area contributed by atoms with Crippen molar-refractivity contribution < 1.29 is 19.1 Å². The number of carbonyl (C=O) groups excluding carboxylic acids is 2. The highest BCUT2D eigenvalue weighted by Gasteiger charge is 2.06. The maximum Gasteiger partial charge on any atom is 0.262 e. The zero-order valence-electron chi connectivity index (χ0n) is 14.9. The molecule has 0 aliphatic rings. The molecule has 0 unspecified atom stereocenters. The van der Waals surface area contributed by atoms with E-state index < -0.39 is 0 Å². The van der Waals surface area contributed by atoms with Gasteiger partial charge in [-0.2, -0.15) is 0 Å². The zero-order valence-corrected chi connectivity index (χ0v) is 16.5. The van der Waals surface area contributed by atoms with E-state index in [4.69, 9.17) is 9.47 Å². The van der Waals surface area contributed by atoms with Crippen molar-refractivity contribution in [3.63, 3.8) is 0 Å². The molecule has 0 bridgehead atoms. The van der Waals surface area contributed by atoms with Gasteiger partial charge in [0.2, 0.25) is 5.91 Å². The van der Waals surface area contributed by atoms with Crippen molar-refractivity contribution in [1.29, 1.82) is 0 Å². The monoisotopic (exact) mass is 430 g/mol. The Morgan fingerprint density at radius 2 is 1.70 bits per heavy atom. The first-order valence-corrected chi connectivity index (χ1v) is 8.69. The summed E-state index contributed by atoms with van der Waals surface area (Å²) in [7, 11) is 3.07. The van der Waals surface area contributed by atoms with Crippen molar-refractivity contribution >= 4 is 45.2 Å². The molecule has 27 heavy (non-hydrogen) atoms. The Bertz CT molecular complexity index is 893. The van der Waals surface area contributed by atoms with Crippen molar-refractivity contribution in [2.45, 2.75) is 0 Å². The predicted octanol–water partition coefficient (Wildman–Crippen LogP) is 4.20. The van der Waals surface area contributed by atoms with E-state index in [1.165, 1.54) is 13.2 Å². The van der Waals surface area contributed by atoms with Crippen LogP contribution in [-0.4, -0.2) is 26.0 Å². The van der Waals surface area contributed by atoms with E-state index in [-0.39, 0.29) is 16.3 Å². The van der Waals surface area contributed by atoms with Gasteiger partial charge in [-0.05, 0) is 51.8 Å². The topological polar surface area (TPSA) is 76.7 Å². The summed E-state index contributed by atoms with van der Waals surface area (Å²) in [6, 6.07) is 12.2. The van der Waals surface area contributed by atoms with E-state index >= 15 is 0 Å². The van der Waals surface area contributed by atoms with Crippen LogP contribution in [0.1, 0.15) is 5.56 Å². The summed E-state index contributed by atoms with van der Waals surface area (Å²) in [6.07, 6.45) is 3.05. The largest absolute Gasteiger partial charge is 0.493 e. The number of amides is 2. The standard InChI is InChI=1S/C20H19BrN2O4/c1-13(21)20(25)23-15-6-4-5-14(11-15)7-10-19(24)22-16-8-9-17(26-2)18(12-16)27-3/h4-12H,1H2,2-3H3,(H,22,24)(H,23,25)/b10-7+. The number of halogens is 1. The molecule has 7 heteroatoms. The van der Waals surface area contributed by atoms with Crippen LogP contribution in [0.3, 0.4) is 0 Å². The molecule has 0 atom stereocenters. The van der Waals surface area contributed by atoms with Gasteiger partial charge in [0, 0.05) is 23.5 Å². The van der Waals surface area contributed by atoms with Gasteiger partial charge in [0.05, 0.1) is 18.7 Å². The SMILES string of the molecule is C=C(Br)C(=O)Nc1cccc(/C=C/C(=O)Nc2ccc(OC)c(OC)c2)c1. The second kappa shape index (κ2) is 9.59. The lowest BCUT2D eigenvalue weighted by molar-refractivity contribution is -0.112. The van der Waals surface area contributed by atoms with Gasteiger partial charge in [-0.1, -0.05) is 18.7 Å². The summed E-state index contributed by atoms with van der Waals surface area (Å²) in [6.45, 7) is 3.52. The van der Waals surface area contributed by atoms with E-state index in [1.807, 2.05) is 6.07 Å². The fourth-order valence-corrected chi connectivity index (χ4v) is 2.29. The second-order valence-corrected chi connectivity index (χ2v) is 6.33. The van der Waals surface area contributed by atoms with Crippen molar-refractivity contribution in [2.24, 2.45) is 0 Å². The fourth-order valence-electron chi connectivity index (χ4n) is 2.19. The van der Waals surface area contributed by atoms with Gasteiger partial charge in [-0.15, -0.1) is 0 Å². The van der Waals surface area contributed by atoms with Crippen LogP contribution in [0.5, 0.6) is 11.5 Å². The number of methoxy groups -OCH3 is 2. The lowest BCUT2D eigenvalue weighted by atomic mass is 10.2. The molecular weight excluding hydrogens is 412 g/mol. The Balaban J connectivity index is 2.04. The fraction of sp³-hybridized carbons (Fsp3) is 0.100. The van der Waals surface area contributed by atoms with Gasteiger partial charge < -0.3 is 20.1 Å². The highest BCUT2D eigenvalue weighted by Crippen LogP contribution is 2.29. The third-order valence-corrected chi connectivity index (χ3v) is 3.83. The molecule has 0 saturated heterocycles. The first-order chi connectivity index (χ1) is 12.9. The molecule has 0 heterocycles. The molecule has 0 aromatic heterocycles. The smallest absolute Gasteiger partial charge is 0.262 e. The molecule has 2 rings (SSSR count). The first kappa shape index (κ1) is 20.3. The van der Waals surface area contributed by atoms with E-state index in [9.17, 15) is 9.59 Å². The molecule has 6 nitrogen and oxygen atoms in total. The minimum absolute atomic E-state index is 0.234. The van der Waals surface area contributed by atoms with Gasteiger partial charge in [-0.3, -0.25) is 9.59 Å². The second-order valence-electron chi connectivity index (χ2n) is 5.38. The minimum atomic E-state index is -0.331. The van der Waals surface area contributed by atoms with E-state index in [0.29, 0.717) is 22.9 Å². The zero-order chi connectivity index (χ0) is 19.8. The number of benzene rings is 2. The van der Waals surface area contributed by atoms with Crippen LogP contribution in [0.15, 0.2) is 59.6 Å². The Labute approximate surface area is 166 Å². The Kier molecular flexibility index (Phi) is 7.19. The molecule has 0 aliphatic heterocycles. The average molecular weight is 431 g/mol. The van der Waals surface area contributed by atoms with Crippen molar-refractivity contribution in [3.05, 3.63) is 65.2 Å². The van der Waals surface area contributed by atoms with Crippen molar-refractivity contribution in [1.82, 2.24) is 0 Å². The molecule has 0 fully saturated rings. The predicted molar refractivity (Wildman–Crippen MR) is 110 cm³/mol. The van der Waals surface area contributed by atoms with Gasteiger partial charge in [-0.25, -0.2) is 0 Å². The number of ether oxygens (including phenoxy) is 2. The molecule has 2 aromatic carbocycles. The van der Waals surface area contributed by atoms with Crippen LogP contribution in [0.25, 0.3) is 6.08 Å². The third-order valence-electron chi connectivity index (χ3n) is 3.47. The van der Waals surface area contributed by atoms with Gasteiger partial charge in [0.15, 0.2) is 11.5 Å². The van der Waals surface area contributed by atoms with Crippen LogP contribution in [0, 0.1) is 0 Å². The molecule has 2 N–H and O–H groups in total. The highest BCUT2D eigenvalue weighted by atomic mass is 79.9. The molecule has 2 aromatic rings.